The van der Waals surface area contributed by atoms with Crippen LogP contribution in [0.5, 0.6) is 0 Å². The van der Waals surface area contributed by atoms with Crippen molar-refractivity contribution in [3.63, 3.8) is 0 Å². The number of nitrogen functional groups attached to an aromatic ring is 1. The molecule has 0 radical (unpaired) electrons. The molecule has 1 aromatic carbocycles. The van der Waals surface area contributed by atoms with Gasteiger partial charge in [0.15, 0.2) is 0 Å². The maximum Gasteiger partial charge on any atom is 0.231 e. The van der Waals surface area contributed by atoms with Gasteiger partial charge >= 0.3 is 0 Å². The number of rotatable bonds is 2. The Balaban J connectivity index is 1.94. The van der Waals surface area contributed by atoms with Gasteiger partial charge in [-0.15, -0.1) is 0 Å². The molecule has 0 unspecified atom stereocenters. The lowest BCUT2D eigenvalue weighted by atomic mass is 10.2. The third-order valence-electron chi connectivity index (χ3n) is 2.29. The van der Waals surface area contributed by atoms with Gasteiger partial charge in [0.25, 0.3) is 0 Å². The summed E-state index contributed by atoms with van der Waals surface area (Å²) in [6.45, 7) is 0. The first kappa shape index (κ1) is 9.52. The number of anilines is 3. The molecule has 0 aliphatic heterocycles. The zero-order chi connectivity index (χ0) is 11.7. The Morgan fingerprint density at radius 2 is 2.18 bits per heavy atom. The fraction of sp³-hybridized carbons (Fsp3) is 0. The van der Waals surface area contributed by atoms with Crippen LogP contribution in [0.1, 0.15) is 0 Å². The summed E-state index contributed by atoms with van der Waals surface area (Å²) in [5.74, 6) is 0.599. The molecule has 84 valence electrons. The Hall–Kier alpha value is -2.70. The number of nitrogens with zero attached hydrogens (tertiary/aromatic N) is 4. The van der Waals surface area contributed by atoms with E-state index < -0.39 is 0 Å². The van der Waals surface area contributed by atoms with E-state index in [1.165, 1.54) is 6.33 Å². The van der Waals surface area contributed by atoms with Crippen molar-refractivity contribution in [3.05, 3.63) is 30.7 Å². The van der Waals surface area contributed by atoms with Gasteiger partial charge in [-0.05, 0) is 18.2 Å². The van der Waals surface area contributed by atoms with Crippen LogP contribution in [0.3, 0.4) is 0 Å². The number of fused-ring (bicyclic) bond motifs is 1. The molecular formula is C10H9N7. The average Bonchev–Trinajstić information content (AvgIpc) is 2.76. The topological polar surface area (TPSA) is 105 Å². The van der Waals surface area contributed by atoms with Crippen LogP contribution >= 0.6 is 0 Å². The van der Waals surface area contributed by atoms with Gasteiger partial charge in [0.1, 0.15) is 6.33 Å². The molecule has 7 heteroatoms. The molecule has 0 amide bonds. The molecule has 3 rings (SSSR count). The van der Waals surface area contributed by atoms with E-state index in [0.29, 0.717) is 5.95 Å². The van der Waals surface area contributed by atoms with Crippen molar-refractivity contribution < 1.29 is 0 Å². The number of H-pyrrole nitrogens is 1. The summed E-state index contributed by atoms with van der Waals surface area (Å²) in [6, 6.07) is 5.78. The molecule has 0 aliphatic carbocycles. The third kappa shape index (κ3) is 1.85. The van der Waals surface area contributed by atoms with E-state index in [0.717, 1.165) is 16.6 Å². The SMILES string of the molecule is Nc1ncnc(Nc2ccc3cn[nH]c3c2)n1. The van der Waals surface area contributed by atoms with Crippen molar-refractivity contribution in [2.45, 2.75) is 0 Å². The zero-order valence-corrected chi connectivity index (χ0v) is 8.75. The number of benzene rings is 1. The lowest BCUT2D eigenvalue weighted by molar-refractivity contribution is 1.07. The minimum absolute atomic E-state index is 0.185. The first-order valence-corrected chi connectivity index (χ1v) is 4.96. The summed E-state index contributed by atoms with van der Waals surface area (Å²) >= 11 is 0. The molecule has 7 nitrogen and oxygen atoms in total. The Morgan fingerprint density at radius 3 is 3.06 bits per heavy atom. The Kier molecular flexibility index (Phi) is 2.08. The summed E-state index contributed by atoms with van der Waals surface area (Å²) in [7, 11) is 0. The molecule has 0 saturated carbocycles. The fourth-order valence-electron chi connectivity index (χ4n) is 1.51. The lowest BCUT2D eigenvalue weighted by Gasteiger charge is -2.04. The fourth-order valence-corrected chi connectivity index (χ4v) is 1.51. The molecule has 0 aliphatic rings. The van der Waals surface area contributed by atoms with Crippen molar-refractivity contribution in [1.29, 1.82) is 0 Å². The minimum atomic E-state index is 0.185. The predicted molar refractivity (Wildman–Crippen MR) is 63.6 cm³/mol. The van der Waals surface area contributed by atoms with Crippen LogP contribution in [0, 0.1) is 0 Å². The number of nitrogens with two attached hydrogens (primary N) is 1. The zero-order valence-electron chi connectivity index (χ0n) is 8.75. The molecule has 0 spiro atoms. The van der Waals surface area contributed by atoms with Crippen LogP contribution in [0.4, 0.5) is 17.6 Å². The van der Waals surface area contributed by atoms with E-state index >= 15 is 0 Å². The largest absolute Gasteiger partial charge is 0.368 e. The van der Waals surface area contributed by atoms with Gasteiger partial charge in [-0.25, -0.2) is 9.97 Å². The van der Waals surface area contributed by atoms with Crippen molar-refractivity contribution in [2.75, 3.05) is 11.1 Å². The van der Waals surface area contributed by atoms with Crippen LogP contribution in [0.2, 0.25) is 0 Å². The first-order valence-electron chi connectivity index (χ1n) is 4.96. The van der Waals surface area contributed by atoms with Crippen molar-refractivity contribution in [3.8, 4) is 0 Å². The van der Waals surface area contributed by atoms with Gasteiger partial charge < -0.3 is 11.1 Å². The van der Waals surface area contributed by atoms with Crippen LogP contribution in [-0.2, 0) is 0 Å². The second kappa shape index (κ2) is 3.71. The molecule has 4 N–H and O–H groups in total. The highest BCUT2D eigenvalue weighted by Crippen LogP contribution is 2.18. The molecule has 0 atom stereocenters. The van der Waals surface area contributed by atoms with E-state index in [9.17, 15) is 0 Å². The van der Waals surface area contributed by atoms with Crippen molar-refractivity contribution >= 4 is 28.5 Å². The summed E-state index contributed by atoms with van der Waals surface area (Å²) < 4.78 is 0. The normalized spacial score (nSPS) is 10.6. The maximum absolute atomic E-state index is 5.47. The summed E-state index contributed by atoms with van der Waals surface area (Å²) in [4.78, 5) is 11.6. The molecular weight excluding hydrogens is 218 g/mol. The highest BCUT2D eigenvalue weighted by Gasteiger charge is 2.01. The molecule has 0 fully saturated rings. The molecule has 17 heavy (non-hydrogen) atoms. The molecule has 0 bridgehead atoms. The van der Waals surface area contributed by atoms with Crippen LogP contribution in [-0.4, -0.2) is 25.1 Å². The van der Waals surface area contributed by atoms with E-state index in [4.69, 9.17) is 5.73 Å². The van der Waals surface area contributed by atoms with Gasteiger partial charge in [0.2, 0.25) is 11.9 Å². The average molecular weight is 227 g/mol. The summed E-state index contributed by atoms with van der Waals surface area (Å²) in [5.41, 5.74) is 7.26. The first-order chi connectivity index (χ1) is 8.31. The minimum Gasteiger partial charge on any atom is -0.368 e. The van der Waals surface area contributed by atoms with Crippen molar-refractivity contribution in [2.24, 2.45) is 0 Å². The Labute approximate surface area is 96.1 Å². The highest BCUT2D eigenvalue weighted by atomic mass is 15.2. The smallest absolute Gasteiger partial charge is 0.231 e. The van der Waals surface area contributed by atoms with Gasteiger partial charge in [0.05, 0.1) is 11.7 Å². The van der Waals surface area contributed by atoms with E-state index in [-0.39, 0.29) is 5.95 Å². The lowest BCUT2D eigenvalue weighted by Crippen LogP contribution is -2.01. The van der Waals surface area contributed by atoms with Crippen LogP contribution in [0.15, 0.2) is 30.7 Å². The molecule has 0 saturated heterocycles. The predicted octanol–water partition coefficient (Wildman–Crippen LogP) is 1.07. The van der Waals surface area contributed by atoms with E-state index in [1.54, 1.807) is 6.20 Å². The van der Waals surface area contributed by atoms with Crippen LogP contribution < -0.4 is 11.1 Å². The Morgan fingerprint density at radius 1 is 1.24 bits per heavy atom. The number of hydrogen-bond acceptors (Lipinski definition) is 6. The standard InChI is InChI=1S/C10H9N7/c11-9-12-5-13-10(16-9)15-7-2-1-6-4-14-17-8(6)3-7/h1-5H,(H,14,17)(H3,11,12,13,15,16). The Bertz CT molecular complexity index is 660. The summed E-state index contributed by atoms with van der Waals surface area (Å²) in [5, 5.41) is 10.9. The summed E-state index contributed by atoms with van der Waals surface area (Å²) in [6.07, 6.45) is 3.12. The van der Waals surface area contributed by atoms with Gasteiger partial charge in [-0.3, -0.25) is 5.10 Å². The van der Waals surface area contributed by atoms with Crippen molar-refractivity contribution in [1.82, 2.24) is 25.1 Å². The third-order valence-corrected chi connectivity index (χ3v) is 2.29. The van der Waals surface area contributed by atoms with E-state index in [2.05, 4.69) is 30.5 Å². The molecule has 2 heterocycles. The molecule has 2 aromatic heterocycles. The quantitative estimate of drug-likeness (QED) is 0.604. The number of aromatic nitrogens is 5. The number of nitrogens with one attached hydrogen (secondary N) is 2. The maximum atomic E-state index is 5.47. The number of hydrogen-bond donors (Lipinski definition) is 3. The van der Waals surface area contributed by atoms with Gasteiger partial charge in [-0.2, -0.15) is 10.1 Å². The highest BCUT2D eigenvalue weighted by molar-refractivity contribution is 5.82. The van der Waals surface area contributed by atoms with E-state index in [1.807, 2.05) is 18.2 Å². The van der Waals surface area contributed by atoms with Gasteiger partial charge in [0, 0.05) is 11.1 Å². The monoisotopic (exact) mass is 227 g/mol. The van der Waals surface area contributed by atoms with Gasteiger partial charge in [-0.1, -0.05) is 0 Å². The molecule has 3 aromatic rings. The second-order valence-electron chi connectivity index (χ2n) is 3.46. The van der Waals surface area contributed by atoms with Crippen LogP contribution in [0.25, 0.3) is 10.9 Å². The number of aromatic amines is 1. The second-order valence-corrected chi connectivity index (χ2v) is 3.46.